The minimum Gasteiger partial charge on any atom is -0.389 e. The molecule has 17 heavy (non-hydrogen) atoms. The summed E-state index contributed by atoms with van der Waals surface area (Å²) < 4.78 is 18.8. The molecule has 4 heteroatoms. The van der Waals surface area contributed by atoms with E-state index in [4.69, 9.17) is 22.7 Å². The molecule has 0 unspecified atom stereocenters. The van der Waals surface area contributed by atoms with Crippen LogP contribution < -0.4 is 5.73 Å². The van der Waals surface area contributed by atoms with Gasteiger partial charge in [-0.1, -0.05) is 38.0 Å². The third-order valence-electron chi connectivity index (χ3n) is 2.46. The minimum atomic E-state index is -0.382. The average Bonchev–Trinajstić information content (AvgIpc) is 2.30. The van der Waals surface area contributed by atoms with Gasteiger partial charge in [-0.15, -0.1) is 0 Å². The number of rotatable bonds is 7. The van der Waals surface area contributed by atoms with E-state index in [0.717, 1.165) is 18.6 Å². The van der Waals surface area contributed by atoms with Crippen molar-refractivity contribution in [1.29, 1.82) is 0 Å². The lowest BCUT2D eigenvalue weighted by Gasteiger charge is -2.06. The summed E-state index contributed by atoms with van der Waals surface area (Å²) in [5, 5.41) is 0. The van der Waals surface area contributed by atoms with Gasteiger partial charge in [-0.3, -0.25) is 0 Å². The minimum absolute atomic E-state index is 0.0790. The van der Waals surface area contributed by atoms with E-state index >= 15 is 0 Å². The van der Waals surface area contributed by atoms with Gasteiger partial charge in [0.2, 0.25) is 0 Å². The Labute approximate surface area is 107 Å². The van der Waals surface area contributed by atoms with Gasteiger partial charge >= 0.3 is 0 Å². The zero-order chi connectivity index (χ0) is 12.7. The van der Waals surface area contributed by atoms with Gasteiger partial charge in [0.1, 0.15) is 10.8 Å². The van der Waals surface area contributed by atoms with E-state index in [9.17, 15) is 4.39 Å². The van der Waals surface area contributed by atoms with Crippen molar-refractivity contribution in [3.05, 3.63) is 35.1 Å². The highest BCUT2D eigenvalue weighted by Crippen LogP contribution is 2.11. The molecule has 1 rings (SSSR count). The molecule has 2 nitrogen and oxygen atoms in total. The number of hydrogen-bond acceptors (Lipinski definition) is 2. The first-order valence-electron chi connectivity index (χ1n) is 5.81. The fourth-order valence-electron chi connectivity index (χ4n) is 1.50. The molecule has 0 saturated carbocycles. The van der Waals surface area contributed by atoms with Gasteiger partial charge in [-0.05, 0) is 24.1 Å². The average molecular weight is 255 g/mol. The Morgan fingerprint density at radius 2 is 2.18 bits per heavy atom. The van der Waals surface area contributed by atoms with Crippen LogP contribution in [0.15, 0.2) is 18.2 Å². The summed E-state index contributed by atoms with van der Waals surface area (Å²) >= 11 is 4.78. The summed E-state index contributed by atoms with van der Waals surface area (Å²) in [7, 11) is 0. The lowest BCUT2D eigenvalue weighted by atomic mass is 10.1. The van der Waals surface area contributed by atoms with Crippen LogP contribution in [0, 0.1) is 5.82 Å². The fraction of sp³-hybridized carbons (Fsp3) is 0.462. The van der Waals surface area contributed by atoms with E-state index in [1.807, 2.05) is 0 Å². The molecule has 1 aromatic carbocycles. The van der Waals surface area contributed by atoms with E-state index < -0.39 is 0 Å². The van der Waals surface area contributed by atoms with Crippen molar-refractivity contribution in [2.75, 3.05) is 6.61 Å². The van der Waals surface area contributed by atoms with E-state index in [0.29, 0.717) is 6.61 Å². The van der Waals surface area contributed by atoms with Crippen molar-refractivity contribution in [2.45, 2.75) is 32.8 Å². The van der Waals surface area contributed by atoms with Crippen molar-refractivity contribution in [3.8, 4) is 0 Å². The highest BCUT2D eigenvalue weighted by molar-refractivity contribution is 7.80. The SMILES string of the molecule is CCCCCOCc1ccc(F)c(C(N)=S)c1. The van der Waals surface area contributed by atoms with Crippen molar-refractivity contribution in [2.24, 2.45) is 5.73 Å². The highest BCUT2D eigenvalue weighted by atomic mass is 32.1. The van der Waals surface area contributed by atoms with Crippen LogP contribution in [-0.2, 0) is 11.3 Å². The number of thiocarbonyl (C=S) groups is 1. The summed E-state index contributed by atoms with van der Waals surface area (Å²) in [6, 6.07) is 4.72. The Hall–Kier alpha value is -1.00. The number of unbranched alkanes of at least 4 members (excludes halogenated alkanes) is 2. The molecule has 0 saturated heterocycles. The van der Waals surface area contributed by atoms with Crippen LogP contribution in [0.5, 0.6) is 0 Å². The Morgan fingerprint density at radius 3 is 2.82 bits per heavy atom. The molecule has 0 fully saturated rings. The summed E-state index contributed by atoms with van der Waals surface area (Å²) in [5.41, 5.74) is 6.61. The topological polar surface area (TPSA) is 35.2 Å². The van der Waals surface area contributed by atoms with Crippen LogP contribution >= 0.6 is 12.2 Å². The molecule has 0 atom stereocenters. The number of benzene rings is 1. The first kappa shape index (κ1) is 14.1. The third kappa shape index (κ3) is 4.79. The maximum atomic E-state index is 13.3. The highest BCUT2D eigenvalue weighted by Gasteiger charge is 2.06. The Morgan fingerprint density at radius 1 is 1.41 bits per heavy atom. The molecule has 0 amide bonds. The second-order valence-corrected chi connectivity index (χ2v) is 4.38. The molecule has 0 heterocycles. The van der Waals surface area contributed by atoms with Crippen molar-refractivity contribution in [1.82, 2.24) is 0 Å². The molecule has 2 N–H and O–H groups in total. The number of hydrogen-bond donors (Lipinski definition) is 1. The number of nitrogens with two attached hydrogens (primary N) is 1. The predicted molar refractivity (Wildman–Crippen MR) is 71.5 cm³/mol. The monoisotopic (exact) mass is 255 g/mol. The summed E-state index contributed by atoms with van der Waals surface area (Å²) in [6.45, 7) is 3.35. The van der Waals surface area contributed by atoms with Gasteiger partial charge in [0.25, 0.3) is 0 Å². The van der Waals surface area contributed by atoms with Crippen LogP contribution in [0.3, 0.4) is 0 Å². The second-order valence-electron chi connectivity index (χ2n) is 3.94. The van der Waals surface area contributed by atoms with Crippen LogP contribution in [0.1, 0.15) is 37.3 Å². The molecule has 0 aliphatic rings. The summed E-state index contributed by atoms with van der Waals surface area (Å²) in [6.07, 6.45) is 3.40. The lowest BCUT2D eigenvalue weighted by molar-refractivity contribution is 0.117. The van der Waals surface area contributed by atoms with Gasteiger partial charge in [-0.25, -0.2) is 4.39 Å². The van der Waals surface area contributed by atoms with Gasteiger partial charge in [0.15, 0.2) is 0 Å². The van der Waals surface area contributed by atoms with Gasteiger partial charge < -0.3 is 10.5 Å². The zero-order valence-corrected chi connectivity index (χ0v) is 10.9. The van der Waals surface area contributed by atoms with Crippen LogP contribution in [-0.4, -0.2) is 11.6 Å². The van der Waals surface area contributed by atoms with Gasteiger partial charge in [0.05, 0.1) is 6.61 Å². The van der Waals surface area contributed by atoms with Crippen molar-refractivity contribution < 1.29 is 9.13 Å². The molecule has 0 bridgehead atoms. The van der Waals surface area contributed by atoms with Crippen LogP contribution in [0.4, 0.5) is 4.39 Å². The Bertz CT molecular complexity index is 382. The van der Waals surface area contributed by atoms with E-state index in [1.54, 1.807) is 12.1 Å². The van der Waals surface area contributed by atoms with Crippen LogP contribution in [0.2, 0.25) is 0 Å². The van der Waals surface area contributed by atoms with Crippen LogP contribution in [0.25, 0.3) is 0 Å². The quantitative estimate of drug-likeness (QED) is 0.600. The molecule has 0 radical (unpaired) electrons. The largest absolute Gasteiger partial charge is 0.389 e. The molecule has 0 aliphatic heterocycles. The lowest BCUT2D eigenvalue weighted by Crippen LogP contribution is -2.12. The zero-order valence-electron chi connectivity index (χ0n) is 10.0. The third-order valence-corrected chi connectivity index (χ3v) is 2.68. The standard InChI is InChI=1S/C13H18FNOS/c1-2-3-4-7-16-9-10-5-6-12(14)11(8-10)13(15)17/h5-6,8H,2-4,7,9H2,1H3,(H2,15,17). The smallest absolute Gasteiger partial charge is 0.133 e. The van der Waals surface area contributed by atoms with E-state index in [2.05, 4.69) is 6.92 Å². The number of halogens is 1. The molecule has 0 aliphatic carbocycles. The Kier molecular flexibility index (Phi) is 6.08. The molecular weight excluding hydrogens is 237 g/mol. The maximum Gasteiger partial charge on any atom is 0.133 e. The first-order valence-corrected chi connectivity index (χ1v) is 6.22. The molecular formula is C13H18FNOS. The number of ether oxygens (including phenoxy) is 1. The normalized spacial score (nSPS) is 10.5. The second kappa shape index (κ2) is 7.35. The van der Waals surface area contributed by atoms with E-state index in [-0.39, 0.29) is 16.4 Å². The van der Waals surface area contributed by atoms with Gasteiger partial charge in [0, 0.05) is 12.2 Å². The Balaban J connectivity index is 2.49. The predicted octanol–water partition coefficient (Wildman–Crippen LogP) is 3.17. The first-order chi connectivity index (χ1) is 8.15. The molecule has 1 aromatic rings. The molecule has 0 aromatic heterocycles. The van der Waals surface area contributed by atoms with E-state index in [1.165, 1.54) is 18.9 Å². The summed E-state index contributed by atoms with van der Waals surface area (Å²) in [5.74, 6) is -0.382. The van der Waals surface area contributed by atoms with Crippen molar-refractivity contribution in [3.63, 3.8) is 0 Å². The molecule has 0 spiro atoms. The summed E-state index contributed by atoms with van der Waals surface area (Å²) in [4.78, 5) is 0.0790. The van der Waals surface area contributed by atoms with Gasteiger partial charge in [-0.2, -0.15) is 0 Å². The maximum absolute atomic E-state index is 13.3. The fourth-order valence-corrected chi connectivity index (χ4v) is 1.65. The molecule has 94 valence electrons. The van der Waals surface area contributed by atoms with Crippen molar-refractivity contribution >= 4 is 17.2 Å².